The number of benzene rings is 2. The molecule has 0 aromatic heterocycles. The molecule has 0 saturated heterocycles. The van der Waals surface area contributed by atoms with E-state index in [0.29, 0.717) is 0 Å². The molecule has 2 aromatic carbocycles. The molecular weight excluding hydrogens is 398 g/mol. The summed E-state index contributed by atoms with van der Waals surface area (Å²) in [5, 5.41) is 13.5. The molecule has 7 nitrogen and oxygen atoms in total. The Morgan fingerprint density at radius 3 is 2.06 bits per heavy atom. The second-order valence-electron chi connectivity index (χ2n) is 8.47. The minimum absolute atomic E-state index is 0.0758. The fourth-order valence-corrected chi connectivity index (χ4v) is 3.65. The minimum atomic E-state index is -1.49. The van der Waals surface area contributed by atoms with Crippen LogP contribution in [0.15, 0.2) is 48.5 Å². The molecule has 3 rings (SSSR count). The van der Waals surface area contributed by atoms with Gasteiger partial charge in [-0.05, 0) is 49.4 Å². The molecule has 0 aliphatic heterocycles. The third kappa shape index (κ3) is 5.63. The van der Waals surface area contributed by atoms with Gasteiger partial charge < -0.3 is 24.7 Å². The number of carbonyl (C=O) groups is 3. The number of rotatable bonds is 7. The molecule has 2 aromatic rings. The van der Waals surface area contributed by atoms with Crippen molar-refractivity contribution in [1.29, 1.82) is 0 Å². The maximum atomic E-state index is 12.3. The van der Waals surface area contributed by atoms with Gasteiger partial charge in [-0.25, -0.2) is 4.79 Å². The fourth-order valence-electron chi connectivity index (χ4n) is 3.65. The summed E-state index contributed by atoms with van der Waals surface area (Å²) in [5.74, 6) is -2.11. The van der Waals surface area contributed by atoms with Gasteiger partial charge in [-0.1, -0.05) is 48.5 Å². The summed E-state index contributed by atoms with van der Waals surface area (Å²) in [5.41, 5.74) is 3.66. The van der Waals surface area contributed by atoms with Gasteiger partial charge in [0.2, 0.25) is 0 Å². The van der Waals surface area contributed by atoms with E-state index >= 15 is 0 Å². The predicted octanol–water partition coefficient (Wildman–Crippen LogP) is 2.77. The fraction of sp³-hybridized carbons (Fsp3) is 0.375. The van der Waals surface area contributed by atoms with Crippen LogP contribution in [0.2, 0.25) is 0 Å². The normalized spacial score (nSPS) is 13.6. The minimum Gasteiger partial charge on any atom is -0.548 e. The van der Waals surface area contributed by atoms with E-state index in [1.54, 1.807) is 20.8 Å². The standard InChI is InChI=1S/C24H27NO6/c1-24(2,3)31-23(29)25-20(22(27)28)12-13-21(26)30-14-19-17-10-6-4-8-15(17)16-9-5-7-11-18(16)19/h4-11,19-20H,12-14H2,1-3H3,(H,25,29)(H,27,28)/p-1/t20-/m0/s1. The average molecular weight is 424 g/mol. The number of aliphatic carboxylic acids is 1. The number of alkyl carbamates (subject to hydrolysis) is 1. The van der Waals surface area contributed by atoms with Gasteiger partial charge in [0, 0.05) is 12.3 Å². The monoisotopic (exact) mass is 424 g/mol. The second kappa shape index (κ2) is 9.20. The Hall–Kier alpha value is -3.35. The maximum absolute atomic E-state index is 12.3. The smallest absolute Gasteiger partial charge is 0.408 e. The van der Waals surface area contributed by atoms with Crippen molar-refractivity contribution in [2.75, 3.05) is 6.61 Å². The number of nitrogens with one attached hydrogen (secondary N) is 1. The van der Waals surface area contributed by atoms with Crippen LogP contribution in [0.1, 0.15) is 50.7 Å². The number of ether oxygens (including phenoxy) is 2. The summed E-state index contributed by atoms with van der Waals surface area (Å²) in [4.78, 5) is 35.4. The topological polar surface area (TPSA) is 105 Å². The maximum Gasteiger partial charge on any atom is 0.408 e. The van der Waals surface area contributed by atoms with Gasteiger partial charge >= 0.3 is 12.1 Å². The molecule has 1 N–H and O–H groups in total. The van der Waals surface area contributed by atoms with Gasteiger partial charge in [-0.2, -0.15) is 0 Å². The van der Waals surface area contributed by atoms with Crippen LogP contribution in [0.5, 0.6) is 0 Å². The molecule has 1 aliphatic carbocycles. The van der Waals surface area contributed by atoms with Gasteiger partial charge in [0.05, 0.1) is 12.0 Å². The molecule has 1 amide bonds. The molecule has 0 unspecified atom stereocenters. The first-order valence-corrected chi connectivity index (χ1v) is 10.2. The number of amides is 1. The van der Waals surface area contributed by atoms with Crippen LogP contribution in [0.4, 0.5) is 4.79 Å². The number of carbonyl (C=O) groups excluding carboxylic acids is 3. The van der Waals surface area contributed by atoms with Gasteiger partial charge in [0.15, 0.2) is 0 Å². The lowest BCUT2D eigenvalue weighted by Crippen LogP contribution is -2.49. The van der Waals surface area contributed by atoms with E-state index in [-0.39, 0.29) is 25.4 Å². The van der Waals surface area contributed by atoms with Gasteiger partial charge in [-0.15, -0.1) is 0 Å². The van der Waals surface area contributed by atoms with E-state index in [2.05, 4.69) is 5.32 Å². The number of esters is 1. The van der Waals surface area contributed by atoms with Crippen LogP contribution in [0.25, 0.3) is 11.1 Å². The molecular formula is C24H26NO6-. The quantitative estimate of drug-likeness (QED) is 0.686. The van der Waals surface area contributed by atoms with Gasteiger partial charge in [-0.3, -0.25) is 4.79 Å². The number of hydrogen-bond acceptors (Lipinski definition) is 6. The molecule has 31 heavy (non-hydrogen) atoms. The zero-order chi connectivity index (χ0) is 22.6. The molecule has 0 fully saturated rings. The Labute approximate surface area is 181 Å². The highest BCUT2D eigenvalue weighted by atomic mass is 16.6. The molecule has 0 saturated carbocycles. The average Bonchev–Trinajstić information content (AvgIpc) is 3.02. The van der Waals surface area contributed by atoms with E-state index in [9.17, 15) is 19.5 Å². The SMILES string of the molecule is CC(C)(C)OC(=O)N[C@@H](CCC(=O)OCC1c2ccccc2-c2ccccc21)C(=O)[O-]. The Kier molecular flexibility index (Phi) is 6.63. The predicted molar refractivity (Wildman–Crippen MR) is 112 cm³/mol. The summed E-state index contributed by atoms with van der Waals surface area (Å²) in [7, 11) is 0. The molecule has 0 bridgehead atoms. The van der Waals surface area contributed by atoms with Crippen LogP contribution in [0, 0.1) is 0 Å². The number of fused-ring (bicyclic) bond motifs is 3. The zero-order valence-electron chi connectivity index (χ0n) is 17.8. The Balaban J connectivity index is 1.56. The Morgan fingerprint density at radius 1 is 1.00 bits per heavy atom. The van der Waals surface area contributed by atoms with Crippen molar-refractivity contribution in [3.63, 3.8) is 0 Å². The van der Waals surface area contributed by atoms with E-state index in [1.807, 2.05) is 48.5 Å². The highest BCUT2D eigenvalue weighted by Crippen LogP contribution is 2.44. The summed E-state index contributed by atoms with van der Waals surface area (Å²) in [6.07, 6.45) is -1.21. The van der Waals surface area contributed by atoms with Crippen molar-refractivity contribution >= 4 is 18.0 Å². The van der Waals surface area contributed by atoms with Crippen LogP contribution < -0.4 is 10.4 Å². The Morgan fingerprint density at radius 2 is 1.55 bits per heavy atom. The zero-order valence-corrected chi connectivity index (χ0v) is 17.8. The number of hydrogen-bond donors (Lipinski definition) is 1. The third-order valence-electron chi connectivity index (χ3n) is 4.99. The van der Waals surface area contributed by atoms with Crippen molar-refractivity contribution in [3.8, 4) is 11.1 Å². The lowest BCUT2D eigenvalue weighted by Gasteiger charge is -2.24. The molecule has 0 heterocycles. The van der Waals surface area contributed by atoms with Crippen molar-refractivity contribution in [2.24, 2.45) is 0 Å². The molecule has 7 heteroatoms. The molecule has 1 atom stereocenters. The lowest BCUT2D eigenvalue weighted by molar-refractivity contribution is -0.308. The van der Waals surface area contributed by atoms with Crippen molar-refractivity contribution in [2.45, 2.75) is 51.2 Å². The highest BCUT2D eigenvalue weighted by Gasteiger charge is 2.29. The first-order chi connectivity index (χ1) is 14.7. The van der Waals surface area contributed by atoms with E-state index < -0.39 is 29.7 Å². The van der Waals surface area contributed by atoms with Gasteiger partial charge in [0.1, 0.15) is 12.2 Å². The van der Waals surface area contributed by atoms with E-state index in [1.165, 1.54) is 0 Å². The summed E-state index contributed by atoms with van der Waals surface area (Å²) in [6, 6.07) is 14.6. The van der Waals surface area contributed by atoms with Crippen molar-refractivity contribution < 1.29 is 29.0 Å². The summed E-state index contributed by atoms with van der Waals surface area (Å²) in [6.45, 7) is 5.15. The summed E-state index contributed by atoms with van der Waals surface area (Å²) >= 11 is 0. The second-order valence-corrected chi connectivity index (χ2v) is 8.47. The van der Waals surface area contributed by atoms with E-state index in [0.717, 1.165) is 22.3 Å². The van der Waals surface area contributed by atoms with Crippen LogP contribution in [-0.2, 0) is 19.1 Å². The molecule has 0 radical (unpaired) electrons. The molecule has 1 aliphatic rings. The van der Waals surface area contributed by atoms with Crippen LogP contribution in [0.3, 0.4) is 0 Å². The van der Waals surface area contributed by atoms with Gasteiger partial charge in [0.25, 0.3) is 0 Å². The first-order valence-electron chi connectivity index (χ1n) is 10.2. The van der Waals surface area contributed by atoms with Crippen LogP contribution >= 0.6 is 0 Å². The van der Waals surface area contributed by atoms with Crippen molar-refractivity contribution in [1.82, 2.24) is 5.32 Å². The Bertz CT molecular complexity index is 933. The van der Waals surface area contributed by atoms with Crippen molar-refractivity contribution in [3.05, 3.63) is 59.7 Å². The lowest BCUT2D eigenvalue weighted by atomic mass is 9.98. The third-order valence-corrected chi connectivity index (χ3v) is 4.99. The number of carboxylic acids is 1. The largest absolute Gasteiger partial charge is 0.548 e. The summed E-state index contributed by atoms with van der Waals surface area (Å²) < 4.78 is 10.5. The number of carboxylic acid groups (broad SMARTS) is 1. The molecule has 0 spiro atoms. The van der Waals surface area contributed by atoms with Crippen LogP contribution in [-0.4, -0.2) is 36.3 Å². The first kappa shape index (κ1) is 22.3. The van der Waals surface area contributed by atoms with E-state index in [4.69, 9.17) is 9.47 Å². The molecule has 164 valence electrons. The highest BCUT2D eigenvalue weighted by molar-refractivity contribution is 5.80.